The number of nitrogens with one attached hydrogen (secondary N) is 1. The summed E-state index contributed by atoms with van der Waals surface area (Å²) in [5.41, 5.74) is 0. The van der Waals surface area contributed by atoms with Crippen molar-refractivity contribution in [1.29, 1.82) is 0 Å². The van der Waals surface area contributed by atoms with Gasteiger partial charge in [0.25, 0.3) is 0 Å². The molecular formula is C60H122N2O6P+. The van der Waals surface area contributed by atoms with E-state index in [0.29, 0.717) is 23.9 Å². The van der Waals surface area contributed by atoms with E-state index in [1.54, 1.807) is 0 Å². The molecular weight excluding hydrogens is 876 g/mol. The number of nitrogens with zero attached hydrogens (tertiary/aromatic N) is 1. The van der Waals surface area contributed by atoms with E-state index < -0.39 is 20.0 Å². The second-order valence-corrected chi connectivity index (χ2v) is 23.9. The molecule has 0 spiro atoms. The van der Waals surface area contributed by atoms with Crippen LogP contribution in [0.15, 0.2) is 12.2 Å². The van der Waals surface area contributed by atoms with Crippen molar-refractivity contribution in [1.82, 2.24) is 5.32 Å². The minimum atomic E-state index is -4.32. The molecule has 0 aliphatic heterocycles. The van der Waals surface area contributed by atoms with Crippen molar-refractivity contribution in [3.63, 3.8) is 0 Å². The first-order chi connectivity index (χ1) is 33.5. The Morgan fingerprint density at radius 1 is 0.478 bits per heavy atom. The van der Waals surface area contributed by atoms with Crippen molar-refractivity contribution in [2.45, 2.75) is 328 Å². The average molecular weight is 999 g/mol. The summed E-state index contributed by atoms with van der Waals surface area (Å²) in [7, 11) is 1.63. The Morgan fingerprint density at radius 2 is 0.783 bits per heavy atom. The van der Waals surface area contributed by atoms with Gasteiger partial charge in [-0.25, -0.2) is 4.57 Å². The Bertz CT molecular complexity index is 1130. The maximum Gasteiger partial charge on any atom is 0.472 e. The molecule has 3 unspecified atom stereocenters. The molecule has 0 rings (SSSR count). The standard InChI is InChI=1S/C60H121N2O6P/c1-6-8-10-12-14-16-18-20-22-23-24-25-26-27-28-29-30-31-32-33-34-35-36-37-38-40-42-44-46-48-50-52-54-60(64)61-58(57-68-69(65,66)67-56-55-62(3,4)5)59(63)53-51-49-47-45-43-41-39-21-19-17-15-13-11-9-7-2/h27-28,58-59,63H,6-26,29-57H2,1-5H3,(H-,61,64,65,66)/p+1/b28-27-. The zero-order chi connectivity index (χ0) is 50.6. The number of allylic oxidation sites excluding steroid dienone is 2. The predicted molar refractivity (Wildman–Crippen MR) is 300 cm³/mol. The van der Waals surface area contributed by atoms with Crippen LogP contribution in [-0.4, -0.2) is 73.4 Å². The molecule has 0 aromatic heterocycles. The molecule has 8 nitrogen and oxygen atoms in total. The van der Waals surface area contributed by atoms with Gasteiger partial charge in [0.2, 0.25) is 5.91 Å². The van der Waals surface area contributed by atoms with Crippen LogP contribution >= 0.6 is 7.82 Å². The first kappa shape index (κ1) is 68.2. The number of hydrogen-bond acceptors (Lipinski definition) is 5. The van der Waals surface area contributed by atoms with Gasteiger partial charge in [0.1, 0.15) is 13.2 Å². The highest BCUT2D eigenvalue weighted by molar-refractivity contribution is 7.47. The maximum absolute atomic E-state index is 13.0. The Labute approximate surface area is 431 Å². The Hall–Kier alpha value is -0.760. The average Bonchev–Trinajstić information content (AvgIpc) is 3.31. The van der Waals surface area contributed by atoms with Gasteiger partial charge in [0.15, 0.2) is 0 Å². The largest absolute Gasteiger partial charge is 0.472 e. The lowest BCUT2D eigenvalue weighted by Gasteiger charge is -2.26. The van der Waals surface area contributed by atoms with E-state index in [2.05, 4.69) is 31.3 Å². The van der Waals surface area contributed by atoms with Gasteiger partial charge in [0, 0.05) is 6.42 Å². The number of amides is 1. The van der Waals surface area contributed by atoms with Crippen molar-refractivity contribution in [2.24, 2.45) is 0 Å². The van der Waals surface area contributed by atoms with Crippen LogP contribution in [0.4, 0.5) is 0 Å². The number of phosphoric acid groups is 1. The molecule has 0 heterocycles. The van der Waals surface area contributed by atoms with Crippen LogP contribution < -0.4 is 5.32 Å². The fourth-order valence-electron chi connectivity index (χ4n) is 9.46. The van der Waals surface area contributed by atoms with Crippen molar-refractivity contribution in [3.8, 4) is 0 Å². The van der Waals surface area contributed by atoms with Crippen molar-refractivity contribution < 1.29 is 32.9 Å². The first-order valence-corrected chi connectivity index (χ1v) is 32.0. The van der Waals surface area contributed by atoms with Gasteiger partial charge >= 0.3 is 7.82 Å². The quantitative estimate of drug-likeness (QED) is 0.0243. The second kappa shape index (κ2) is 52.1. The lowest BCUT2D eigenvalue weighted by Crippen LogP contribution is -2.46. The van der Waals surface area contributed by atoms with Gasteiger partial charge in [-0.05, 0) is 38.5 Å². The van der Waals surface area contributed by atoms with E-state index in [1.165, 1.54) is 250 Å². The highest BCUT2D eigenvalue weighted by Gasteiger charge is 2.28. The maximum atomic E-state index is 13.0. The lowest BCUT2D eigenvalue weighted by atomic mass is 10.0. The van der Waals surface area contributed by atoms with Crippen LogP contribution in [0, 0.1) is 0 Å². The van der Waals surface area contributed by atoms with Crippen LogP contribution in [0.5, 0.6) is 0 Å². The van der Waals surface area contributed by atoms with E-state index in [0.717, 1.165) is 38.5 Å². The van der Waals surface area contributed by atoms with Crippen molar-refractivity contribution >= 4 is 13.7 Å². The highest BCUT2D eigenvalue weighted by Crippen LogP contribution is 2.43. The molecule has 412 valence electrons. The van der Waals surface area contributed by atoms with Gasteiger partial charge < -0.3 is 19.8 Å². The molecule has 0 saturated carbocycles. The number of unbranched alkanes of at least 4 members (excludes halogenated alkanes) is 42. The summed E-state index contributed by atoms with van der Waals surface area (Å²) in [6.45, 7) is 4.93. The third-order valence-corrected chi connectivity index (χ3v) is 15.2. The Kier molecular flexibility index (Phi) is 51.5. The topological polar surface area (TPSA) is 105 Å². The van der Waals surface area contributed by atoms with Crippen LogP contribution in [0.3, 0.4) is 0 Å². The lowest BCUT2D eigenvalue weighted by molar-refractivity contribution is -0.870. The summed E-state index contributed by atoms with van der Waals surface area (Å²) in [5.74, 6) is -0.138. The Morgan fingerprint density at radius 3 is 1.12 bits per heavy atom. The molecule has 9 heteroatoms. The molecule has 0 radical (unpaired) electrons. The number of carbonyl (C=O) groups excluding carboxylic acids is 1. The number of phosphoric ester groups is 1. The number of rotatable bonds is 57. The van der Waals surface area contributed by atoms with E-state index in [4.69, 9.17) is 9.05 Å². The normalized spacial score (nSPS) is 13.9. The fraction of sp³-hybridized carbons (Fsp3) is 0.950. The van der Waals surface area contributed by atoms with Gasteiger partial charge in [-0.3, -0.25) is 13.8 Å². The molecule has 3 atom stereocenters. The molecule has 0 fully saturated rings. The molecule has 3 N–H and O–H groups in total. The molecule has 69 heavy (non-hydrogen) atoms. The number of aliphatic hydroxyl groups excluding tert-OH is 1. The molecule has 1 amide bonds. The number of hydrogen-bond donors (Lipinski definition) is 3. The summed E-state index contributed by atoms with van der Waals surface area (Å²) >= 11 is 0. The SMILES string of the molecule is CCCCCCCCCCCCCC/C=C\CCCCCCCCCCCCCCCCCCC(=O)NC(COP(=O)(O)OCC[N+](C)(C)C)C(O)CCCCCCCCCCCCCCCCC. The van der Waals surface area contributed by atoms with E-state index in [9.17, 15) is 19.4 Å². The third-order valence-electron chi connectivity index (χ3n) is 14.3. The van der Waals surface area contributed by atoms with E-state index >= 15 is 0 Å². The first-order valence-electron chi connectivity index (χ1n) is 30.6. The van der Waals surface area contributed by atoms with E-state index in [-0.39, 0.29) is 19.1 Å². The van der Waals surface area contributed by atoms with Gasteiger partial charge in [-0.1, -0.05) is 283 Å². The monoisotopic (exact) mass is 998 g/mol. The summed E-state index contributed by atoms with van der Waals surface area (Å²) in [5, 5.41) is 14.1. The van der Waals surface area contributed by atoms with Gasteiger partial charge in [-0.15, -0.1) is 0 Å². The number of likely N-dealkylation sites (N-methyl/N-ethyl adjacent to an activating group) is 1. The van der Waals surface area contributed by atoms with Crippen LogP contribution in [0.1, 0.15) is 316 Å². The number of aliphatic hydroxyl groups is 1. The molecule has 0 aliphatic rings. The minimum Gasteiger partial charge on any atom is -0.391 e. The summed E-state index contributed by atoms with van der Waals surface area (Å²) in [6.07, 6.45) is 64.3. The number of carbonyl (C=O) groups is 1. The zero-order valence-corrected chi connectivity index (χ0v) is 48.0. The fourth-order valence-corrected chi connectivity index (χ4v) is 10.2. The molecule has 0 bridgehead atoms. The van der Waals surface area contributed by atoms with Gasteiger partial charge in [0.05, 0.1) is 39.9 Å². The highest BCUT2D eigenvalue weighted by atomic mass is 31.2. The van der Waals surface area contributed by atoms with Crippen LogP contribution in [0.2, 0.25) is 0 Å². The second-order valence-electron chi connectivity index (χ2n) is 22.4. The van der Waals surface area contributed by atoms with Crippen LogP contribution in [0.25, 0.3) is 0 Å². The van der Waals surface area contributed by atoms with Crippen molar-refractivity contribution in [2.75, 3.05) is 40.9 Å². The molecule has 0 aromatic carbocycles. The third kappa shape index (κ3) is 54.8. The Balaban J connectivity index is 3.98. The van der Waals surface area contributed by atoms with Gasteiger partial charge in [-0.2, -0.15) is 0 Å². The smallest absolute Gasteiger partial charge is 0.391 e. The zero-order valence-electron chi connectivity index (χ0n) is 47.1. The van der Waals surface area contributed by atoms with Crippen LogP contribution in [-0.2, 0) is 18.4 Å². The summed E-state index contributed by atoms with van der Waals surface area (Å²) in [4.78, 5) is 23.3. The predicted octanol–water partition coefficient (Wildman–Crippen LogP) is 18.6. The molecule has 0 saturated heterocycles. The number of quaternary nitrogens is 1. The molecule has 0 aromatic rings. The molecule has 0 aliphatic carbocycles. The van der Waals surface area contributed by atoms with E-state index in [1.807, 2.05) is 21.1 Å². The summed E-state index contributed by atoms with van der Waals surface area (Å²) in [6, 6.07) is -0.757. The minimum absolute atomic E-state index is 0.0777. The summed E-state index contributed by atoms with van der Waals surface area (Å²) < 4.78 is 23.8. The van der Waals surface area contributed by atoms with Crippen molar-refractivity contribution in [3.05, 3.63) is 12.2 Å².